The van der Waals surface area contributed by atoms with Crippen molar-refractivity contribution in [3.05, 3.63) is 0 Å². The zero-order chi connectivity index (χ0) is 11.4. The summed E-state index contributed by atoms with van der Waals surface area (Å²) in [5.41, 5.74) is -0.398. The molecule has 1 atom stereocenters. The van der Waals surface area contributed by atoms with Crippen LogP contribution < -0.4 is 5.32 Å². The molecule has 0 aromatic carbocycles. The Labute approximate surface area is 87.2 Å². The Morgan fingerprint density at radius 1 is 1.29 bits per heavy atom. The minimum absolute atomic E-state index is 0.182. The smallest absolute Gasteiger partial charge is 0.323 e. The third kappa shape index (κ3) is 6.89. The van der Waals surface area contributed by atoms with Crippen molar-refractivity contribution in [2.45, 2.75) is 53.2 Å². The lowest BCUT2D eigenvalue weighted by Gasteiger charge is -2.23. The fourth-order valence-corrected chi connectivity index (χ4v) is 0.886. The zero-order valence-electron chi connectivity index (χ0n) is 10.2. The summed E-state index contributed by atoms with van der Waals surface area (Å²) in [6, 6.07) is -0.225. The summed E-state index contributed by atoms with van der Waals surface area (Å²) in [5.74, 6) is 0.359. The zero-order valence-corrected chi connectivity index (χ0v) is 10.2. The monoisotopic (exact) mass is 201 g/mol. The molecule has 0 saturated carbocycles. The molecule has 0 heterocycles. The Morgan fingerprint density at radius 3 is 2.14 bits per heavy atom. The number of carbonyl (C=O) groups is 1. The van der Waals surface area contributed by atoms with Gasteiger partial charge in [0.25, 0.3) is 0 Å². The summed E-state index contributed by atoms with van der Waals surface area (Å²) in [4.78, 5) is 11.5. The summed E-state index contributed by atoms with van der Waals surface area (Å²) in [6.07, 6.45) is 0. The molecule has 1 N–H and O–H groups in total. The van der Waals surface area contributed by atoms with E-state index in [2.05, 4.69) is 19.2 Å². The maximum absolute atomic E-state index is 11.5. The number of hydrogen-bond donors (Lipinski definition) is 1. The van der Waals surface area contributed by atoms with Crippen molar-refractivity contribution in [1.29, 1.82) is 0 Å². The molecule has 1 unspecified atom stereocenters. The van der Waals surface area contributed by atoms with E-state index in [9.17, 15) is 4.79 Å². The van der Waals surface area contributed by atoms with E-state index in [1.54, 1.807) is 0 Å². The SMILES string of the molecule is CC(C)CNC(C)C(=O)OC(C)(C)C. The van der Waals surface area contributed by atoms with Crippen molar-refractivity contribution in [1.82, 2.24) is 5.32 Å². The average Bonchev–Trinajstić information content (AvgIpc) is 1.96. The highest BCUT2D eigenvalue weighted by Gasteiger charge is 2.21. The van der Waals surface area contributed by atoms with Crippen LogP contribution >= 0.6 is 0 Å². The number of ether oxygens (including phenoxy) is 1. The predicted octanol–water partition coefficient (Wildman–Crippen LogP) is 1.96. The van der Waals surface area contributed by atoms with Crippen LogP contribution in [0.1, 0.15) is 41.5 Å². The number of hydrogen-bond acceptors (Lipinski definition) is 3. The number of nitrogens with one attached hydrogen (secondary N) is 1. The van der Waals surface area contributed by atoms with E-state index in [0.29, 0.717) is 5.92 Å². The van der Waals surface area contributed by atoms with E-state index >= 15 is 0 Å². The van der Waals surface area contributed by atoms with Gasteiger partial charge < -0.3 is 10.1 Å². The van der Waals surface area contributed by atoms with E-state index in [1.807, 2.05) is 27.7 Å². The van der Waals surface area contributed by atoms with Crippen molar-refractivity contribution in [3.63, 3.8) is 0 Å². The summed E-state index contributed by atoms with van der Waals surface area (Å²) in [6.45, 7) is 12.5. The first-order chi connectivity index (χ1) is 6.22. The Balaban J connectivity index is 3.88. The summed E-state index contributed by atoms with van der Waals surface area (Å²) < 4.78 is 5.23. The van der Waals surface area contributed by atoms with Crippen LogP contribution in [0.15, 0.2) is 0 Å². The standard InChI is InChI=1S/C11H23NO2/c1-8(2)7-12-9(3)10(13)14-11(4,5)6/h8-9,12H,7H2,1-6H3. The van der Waals surface area contributed by atoms with E-state index < -0.39 is 5.60 Å². The Bertz CT molecular complexity index is 182. The minimum atomic E-state index is -0.398. The lowest BCUT2D eigenvalue weighted by atomic mass is 10.2. The summed E-state index contributed by atoms with van der Waals surface area (Å²) in [7, 11) is 0. The molecule has 0 aliphatic heterocycles. The average molecular weight is 201 g/mol. The molecule has 84 valence electrons. The van der Waals surface area contributed by atoms with Crippen molar-refractivity contribution in [2.75, 3.05) is 6.54 Å². The molecule has 0 aromatic rings. The molecule has 0 amide bonds. The second-order valence-electron chi connectivity index (χ2n) is 5.06. The minimum Gasteiger partial charge on any atom is -0.459 e. The first kappa shape index (κ1) is 13.4. The van der Waals surface area contributed by atoms with E-state index in [0.717, 1.165) is 6.54 Å². The van der Waals surface area contributed by atoms with Crippen LogP contribution in [0.25, 0.3) is 0 Å². The van der Waals surface area contributed by atoms with Gasteiger partial charge in [-0.05, 0) is 40.2 Å². The van der Waals surface area contributed by atoms with Crippen molar-refractivity contribution < 1.29 is 9.53 Å². The highest BCUT2D eigenvalue weighted by molar-refractivity contribution is 5.75. The van der Waals surface area contributed by atoms with Gasteiger partial charge in [0.15, 0.2) is 0 Å². The van der Waals surface area contributed by atoms with E-state index in [1.165, 1.54) is 0 Å². The molecule has 0 fully saturated rings. The molecule has 0 spiro atoms. The second kappa shape index (κ2) is 5.35. The van der Waals surface area contributed by atoms with Crippen molar-refractivity contribution >= 4 is 5.97 Å². The fourth-order valence-electron chi connectivity index (χ4n) is 0.886. The summed E-state index contributed by atoms with van der Waals surface area (Å²) in [5, 5.41) is 3.13. The lowest BCUT2D eigenvalue weighted by Crippen LogP contribution is -2.40. The molecule has 3 nitrogen and oxygen atoms in total. The van der Waals surface area contributed by atoms with Crippen molar-refractivity contribution in [2.24, 2.45) is 5.92 Å². The van der Waals surface area contributed by atoms with Gasteiger partial charge in [-0.1, -0.05) is 13.8 Å². The number of esters is 1. The molecule has 0 aliphatic carbocycles. The molecule has 0 rings (SSSR count). The molecule has 0 radical (unpaired) electrons. The Hall–Kier alpha value is -0.570. The van der Waals surface area contributed by atoms with Crippen LogP contribution in [0.5, 0.6) is 0 Å². The molecule has 0 aliphatic rings. The Kier molecular flexibility index (Phi) is 5.13. The molecule has 14 heavy (non-hydrogen) atoms. The maximum atomic E-state index is 11.5. The molecular weight excluding hydrogens is 178 g/mol. The highest BCUT2D eigenvalue weighted by Crippen LogP contribution is 2.08. The first-order valence-corrected chi connectivity index (χ1v) is 5.18. The first-order valence-electron chi connectivity index (χ1n) is 5.18. The fraction of sp³-hybridized carbons (Fsp3) is 0.909. The van der Waals surface area contributed by atoms with Gasteiger partial charge in [-0.25, -0.2) is 0 Å². The number of rotatable bonds is 4. The van der Waals surface area contributed by atoms with Gasteiger partial charge in [0, 0.05) is 0 Å². The highest BCUT2D eigenvalue weighted by atomic mass is 16.6. The van der Waals surface area contributed by atoms with Gasteiger partial charge in [-0.3, -0.25) is 4.79 Å². The third-order valence-corrected chi connectivity index (χ3v) is 1.59. The van der Waals surface area contributed by atoms with Gasteiger partial charge in [-0.15, -0.1) is 0 Å². The quantitative estimate of drug-likeness (QED) is 0.707. The van der Waals surface area contributed by atoms with Crippen LogP contribution in [0, 0.1) is 5.92 Å². The van der Waals surface area contributed by atoms with Gasteiger partial charge >= 0.3 is 5.97 Å². The molecule has 0 saturated heterocycles. The second-order valence-corrected chi connectivity index (χ2v) is 5.06. The van der Waals surface area contributed by atoms with E-state index in [-0.39, 0.29) is 12.0 Å². The third-order valence-electron chi connectivity index (χ3n) is 1.59. The normalized spacial score (nSPS) is 14.2. The van der Waals surface area contributed by atoms with Crippen LogP contribution in [-0.2, 0) is 9.53 Å². The van der Waals surface area contributed by atoms with Gasteiger partial charge in [-0.2, -0.15) is 0 Å². The van der Waals surface area contributed by atoms with Gasteiger partial charge in [0.1, 0.15) is 11.6 Å². The van der Waals surface area contributed by atoms with E-state index in [4.69, 9.17) is 4.74 Å². The maximum Gasteiger partial charge on any atom is 0.323 e. The van der Waals surface area contributed by atoms with Crippen molar-refractivity contribution in [3.8, 4) is 0 Å². The largest absolute Gasteiger partial charge is 0.459 e. The van der Waals surface area contributed by atoms with Crippen LogP contribution in [0.2, 0.25) is 0 Å². The molecule has 3 heteroatoms. The van der Waals surface area contributed by atoms with Crippen LogP contribution in [-0.4, -0.2) is 24.2 Å². The topological polar surface area (TPSA) is 38.3 Å². The predicted molar refractivity (Wildman–Crippen MR) is 58.1 cm³/mol. The molecule has 0 bridgehead atoms. The molecule has 0 aromatic heterocycles. The van der Waals surface area contributed by atoms with Crippen LogP contribution in [0.4, 0.5) is 0 Å². The lowest BCUT2D eigenvalue weighted by molar-refractivity contribution is -0.157. The van der Waals surface area contributed by atoms with Crippen LogP contribution in [0.3, 0.4) is 0 Å². The number of carbonyl (C=O) groups excluding carboxylic acids is 1. The van der Waals surface area contributed by atoms with Gasteiger partial charge in [0.05, 0.1) is 0 Å². The summed E-state index contributed by atoms with van der Waals surface area (Å²) >= 11 is 0. The molecular formula is C11H23NO2. The Morgan fingerprint density at radius 2 is 1.79 bits per heavy atom. The van der Waals surface area contributed by atoms with Gasteiger partial charge in [0.2, 0.25) is 0 Å².